The van der Waals surface area contributed by atoms with E-state index < -0.39 is 0 Å². The molecule has 160 valence electrons. The topological polar surface area (TPSA) is 43.7 Å². The van der Waals surface area contributed by atoms with Crippen LogP contribution in [0.1, 0.15) is 37.8 Å². The first-order valence-corrected chi connectivity index (χ1v) is 10.7. The van der Waals surface area contributed by atoms with Gasteiger partial charge >= 0.3 is 0 Å². The van der Waals surface area contributed by atoms with E-state index in [0.717, 1.165) is 47.2 Å². The van der Waals surface area contributed by atoms with Gasteiger partial charge in [0.2, 0.25) is 5.91 Å². The van der Waals surface area contributed by atoms with Gasteiger partial charge in [-0.25, -0.2) is 0 Å². The number of benzene rings is 2. The average Bonchev–Trinajstić information content (AvgIpc) is 3.07. The molecule has 3 aromatic rings. The summed E-state index contributed by atoms with van der Waals surface area (Å²) >= 11 is 0. The van der Waals surface area contributed by atoms with Crippen molar-refractivity contribution < 1.29 is 14.3 Å². The number of aromatic nitrogens is 1. The molecule has 1 amide bonds. The van der Waals surface area contributed by atoms with E-state index in [1.165, 1.54) is 0 Å². The smallest absolute Gasteiger partial charge is 0.227 e. The molecule has 0 N–H and O–H groups in total. The number of rotatable bonds is 10. The Hall–Kier alpha value is -2.95. The molecular weight excluding hydrogens is 376 g/mol. The average molecular weight is 409 g/mol. The normalized spacial score (nSPS) is 10.9. The van der Waals surface area contributed by atoms with E-state index in [-0.39, 0.29) is 5.91 Å². The van der Waals surface area contributed by atoms with Gasteiger partial charge < -0.3 is 18.9 Å². The zero-order valence-electron chi connectivity index (χ0n) is 18.5. The number of aryl methyl sites for hydroxylation is 1. The second-order valence-corrected chi connectivity index (χ2v) is 7.61. The van der Waals surface area contributed by atoms with Crippen LogP contribution in [0, 0.1) is 0 Å². The molecular formula is C25H32N2O3. The molecule has 0 aliphatic rings. The summed E-state index contributed by atoms with van der Waals surface area (Å²) in [4.78, 5) is 15.1. The highest BCUT2D eigenvalue weighted by Crippen LogP contribution is 2.29. The highest BCUT2D eigenvalue weighted by molar-refractivity contribution is 5.89. The monoisotopic (exact) mass is 408 g/mol. The first-order valence-electron chi connectivity index (χ1n) is 10.7. The molecule has 2 aromatic carbocycles. The summed E-state index contributed by atoms with van der Waals surface area (Å²) in [6, 6.07) is 14.1. The van der Waals surface area contributed by atoms with Crippen molar-refractivity contribution in [2.24, 2.45) is 7.05 Å². The lowest BCUT2D eigenvalue weighted by Crippen LogP contribution is -2.32. The van der Waals surface area contributed by atoms with Crippen molar-refractivity contribution in [2.75, 3.05) is 20.3 Å². The van der Waals surface area contributed by atoms with E-state index >= 15 is 0 Å². The molecule has 0 radical (unpaired) electrons. The molecule has 5 nitrogen and oxygen atoms in total. The minimum absolute atomic E-state index is 0.137. The Morgan fingerprint density at radius 1 is 1.07 bits per heavy atom. The highest BCUT2D eigenvalue weighted by Gasteiger charge is 2.17. The Kier molecular flexibility index (Phi) is 7.39. The fourth-order valence-corrected chi connectivity index (χ4v) is 3.77. The van der Waals surface area contributed by atoms with Gasteiger partial charge in [0.1, 0.15) is 0 Å². The molecule has 0 spiro atoms. The fourth-order valence-electron chi connectivity index (χ4n) is 3.77. The number of amides is 1. The van der Waals surface area contributed by atoms with Crippen molar-refractivity contribution in [3.63, 3.8) is 0 Å². The van der Waals surface area contributed by atoms with Crippen LogP contribution >= 0.6 is 0 Å². The third kappa shape index (κ3) is 4.96. The van der Waals surface area contributed by atoms with E-state index in [0.29, 0.717) is 25.3 Å². The Morgan fingerprint density at radius 2 is 1.87 bits per heavy atom. The largest absolute Gasteiger partial charge is 0.493 e. The van der Waals surface area contributed by atoms with Crippen molar-refractivity contribution in [3.05, 3.63) is 59.8 Å². The van der Waals surface area contributed by atoms with Crippen LogP contribution in [0.4, 0.5) is 0 Å². The summed E-state index contributed by atoms with van der Waals surface area (Å²) < 4.78 is 13.3. The van der Waals surface area contributed by atoms with Crippen LogP contribution in [-0.2, 0) is 24.8 Å². The summed E-state index contributed by atoms with van der Waals surface area (Å²) in [7, 11) is 3.67. The van der Waals surface area contributed by atoms with Gasteiger partial charge in [0.25, 0.3) is 0 Å². The van der Waals surface area contributed by atoms with E-state index in [1.807, 2.05) is 42.3 Å². The van der Waals surface area contributed by atoms with Crippen LogP contribution in [0.15, 0.2) is 48.7 Å². The van der Waals surface area contributed by atoms with Crippen molar-refractivity contribution in [1.29, 1.82) is 0 Å². The molecule has 0 unspecified atom stereocenters. The maximum Gasteiger partial charge on any atom is 0.227 e. The van der Waals surface area contributed by atoms with Crippen LogP contribution in [-0.4, -0.2) is 35.6 Å². The lowest BCUT2D eigenvalue weighted by molar-refractivity contribution is -0.131. The molecule has 0 saturated heterocycles. The van der Waals surface area contributed by atoms with Gasteiger partial charge in [-0.1, -0.05) is 38.1 Å². The molecule has 0 bridgehead atoms. The molecule has 0 atom stereocenters. The van der Waals surface area contributed by atoms with Gasteiger partial charge in [0.05, 0.1) is 20.1 Å². The summed E-state index contributed by atoms with van der Waals surface area (Å²) in [5.41, 5.74) is 3.25. The Bertz CT molecular complexity index is 993. The third-order valence-corrected chi connectivity index (χ3v) is 5.23. The van der Waals surface area contributed by atoms with Gasteiger partial charge in [-0.3, -0.25) is 4.79 Å². The van der Waals surface area contributed by atoms with Crippen molar-refractivity contribution in [1.82, 2.24) is 9.47 Å². The fraction of sp³-hybridized carbons (Fsp3) is 0.400. The Morgan fingerprint density at radius 3 is 2.60 bits per heavy atom. The third-order valence-electron chi connectivity index (χ3n) is 5.23. The van der Waals surface area contributed by atoms with Crippen LogP contribution in [0.5, 0.6) is 11.5 Å². The van der Waals surface area contributed by atoms with Crippen LogP contribution in [0.25, 0.3) is 10.9 Å². The predicted molar refractivity (Wildman–Crippen MR) is 121 cm³/mol. The summed E-state index contributed by atoms with van der Waals surface area (Å²) in [5.74, 6) is 1.59. The molecule has 1 aromatic heterocycles. The van der Waals surface area contributed by atoms with E-state index in [1.54, 1.807) is 7.11 Å². The number of carbonyl (C=O) groups is 1. The molecule has 0 fully saturated rings. The van der Waals surface area contributed by atoms with E-state index in [4.69, 9.17) is 9.47 Å². The quantitative estimate of drug-likeness (QED) is 0.476. The number of fused-ring (bicyclic) bond motifs is 1. The minimum Gasteiger partial charge on any atom is -0.493 e. The summed E-state index contributed by atoms with van der Waals surface area (Å²) in [6.45, 7) is 6.11. The van der Waals surface area contributed by atoms with Crippen LogP contribution in [0.3, 0.4) is 0 Å². The molecule has 0 aliphatic carbocycles. The van der Waals surface area contributed by atoms with Gasteiger partial charge in [0.15, 0.2) is 11.5 Å². The van der Waals surface area contributed by atoms with E-state index in [2.05, 4.69) is 36.7 Å². The lowest BCUT2D eigenvalue weighted by Gasteiger charge is -2.23. The van der Waals surface area contributed by atoms with Gasteiger partial charge in [-0.05, 0) is 42.2 Å². The number of para-hydroxylation sites is 1. The maximum absolute atomic E-state index is 13.2. The second-order valence-electron chi connectivity index (χ2n) is 7.61. The molecule has 1 heterocycles. The zero-order valence-corrected chi connectivity index (χ0v) is 18.5. The van der Waals surface area contributed by atoms with Crippen molar-refractivity contribution in [3.8, 4) is 11.5 Å². The first-order chi connectivity index (χ1) is 14.6. The number of methoxy groups -OCH3 is 1. The summed E-state index contributed by atoms with van der Waals surface area (Å²) in [6.07, 6.45) is 4.32. The van der Waals surface area contributed by atoms with Crippen LogP contribution < -0.4 is 9.47 Å². The SMILES string of the molecule is CCCOc1ccc(CN(CCC)C(=O)Cc2cn(C)c3ccccc23)cc1OC. The zero-order chi connectivity index (χ0) is 21.5. The number of nitrogens with zero attached hydrogens (tertiary/aromatic N) is 2. The Balaban J connectivity index is 1.77. The van der Waals surface area contributed by atoms with Gasteiger partial charge in [0, 0.05) is 37.2 Å². The molecule has 0 saturated carbocycles. The molecule has 3 rings (SSSR count). The molecule has 0 aliphatic heterocycles. The van der Waals surface area contributed by atoms with Crippen LogP contribution in [0.2, 0.25) is 0 Å². The molecule has 5 heteroatoms. The van der Waals surface area contributed by atoms with Gasteiger partial charge in [-0.2, -0.15) is 0 Å². The number of carbonyl (C=O) groups excluding carboxylic acids is 1. The second kappa shape index (κ2) is 10.2. The van der Waals surface area contributed by atoms with Crippen molar-refractivity contribution >= 4 is 16.8 Å². The Labute approximate surface area is 179 Å². The first kappa shape index (κ1) is 21.8. The highest BCUT2D eigenvalue weighted by atomic mass is 16.5. The lowest BCUT2D eigenvalue weighted by atomic mass is 10.1. The number of ether oxygens (including phenoxy) is 2. The predicted octanol–water partition coefficient (Wildman–Crippen LogP) is 4.96. The summed E-state index contributed by atoms with van der Waals surface area (Å²) in [5, 5.41) is 1.14. The van der Waals surface area contributed by atoms with Crippen molar-refractivity contribution in [2.45, 2.75) is 39.7 Å². The minimum atomic E-state index is 0.137. The van der Waals surface area contributed by atoms with Gasteiger partial charge in [-0.15, -0.1) is 0 Å². The number of hydrogen-bond donors (Lipinski definition) is 0. The number of hydrogen-bond acceptors (Lipinski definition) is 3. The molecule has 30 heavy (non-hydrogen) atoms. The maximum atomic E-state index is 13.2. The standard InChI is InChI=1S/C25H32N2O3/c1-5-13-27(17-19-11-12-23(30-14-6-2)24(15-19)29-4)25(28)16-20-18-26(3)22-10-8-7-9-21(20)22/h7-12,15,18H,5-6,13-14,16-17H2,1-4H3. The van der Waals surface area contributed by atoms with E-state index in [9.17, 15) is 4.79 Å².